The standard InChI is InChI=1S/C23H28F3N2O9P/c1-13(2)35-20(31)14(3)11-38(33,37-15-7-5-4-6-8-15)34-10-17-18(29)23(26,12-24)21(36-17)28-9-16(25)19(30)27-22(28)32/h4-9,13-14,17-18,21,29H,10-12H2,1-3H3,(H,27,30,32)/t14-,17-,18+,21-,23?,38+/m1/s1. The van der Waals surface area contributed by atoms with E-state index in [2.05, 4.69) is 0 Å². The predicted molar refractivity (Wildman–Crippen MR) is 127 cm³/mol. The van der Waals surface area contributed by atoms with Gasteiger partial charge < -0.3 is 19.1 Å². The van der Waals surface area contributed by atoms with Crippen molar-refractivity contribution in [3.8, 4) is 5.75 Å². The zero-order valence-corrected chi connectivity index (χ0v) is 21.6. The van der Waals surface area contributed by atoms with Crippen LogP contribution in [0, 0.1) is 11.7 Å². The van der Waals surface area contributed by atoms with E-state index in [1.165, 1.54) is 19.1 Å². The summed E-state index contributed by atoms with van der Waals surface area (Å²) >= 11 is 0. The Morgan fingerprint density at radius 1 is 1.26 bits per heavy atom. The van der Waals surface area contributed by atoms with Crippen molar-refractivity contribution >= 4 is 13.6 Å². The normalized spacial score (nSPS) is 25.6. The van der Waals surface area contributed by atoms with Gasteiger partial charge in [0.15, 0.2) is 6.23 Å². The lowest BCUT2D eigenvalue weighted by Crippen LogP contribution is -2.48. The molecule has 11 nitrogen and oxygen atoms in total. The van der Waals surface area contributed by atoms with Crippen molar-refractivity contribution < 1.29 is 46.2 Å². The number of carbonyl (C=O) groups excluding carboxylic acids is 1. The molecule has 0 saturated carbocycles. The van der Waals surface area contributed by atoms with Crippen molar-refractivity contribution in [2.24, 2.45) is 5.92 Å². The monoisotopic (exact) mass is 564 g/mol. The summed E-state index contributed by atoms with van der Waals surface area (Å²) in [5, 5.41) is 10.5. The van der Waals surface area contributed by atoms with Gasteiger partial charge in [-0.05, 0) is 26.0 Å². The fourth-order valence-electron chi connectivity index (χ4n) is 3.72. The summed E-state index contributed by atoms with van der Waals surface area (Å²) in [5.74, 6) is -3.02. The number of rotatable bonds is 11. The highest BCUT2D eigenvalue weighted by molar-refractivity contribution is 7.54. The van der Waals surface area contributed by atoms with Gasteiger partial charge in [0.05, 0.1) is 31.0 Å². The topological polar surface area (TPSA) is 146 Å². The highest BCUT2D eigenvalue weighted by Gasteiger charge is 2.59. The van der Waals surface area contributed by atoms with Gasteiger partial charge in [0.1, 0.15) is 24.6 Å². The molecule has 38 heavy (non-hydrogen) atoms. The van der Waals surface area contributed by atoms with Crippen LogP contribution in [0.1, 0.15) is 27.0 Å². The first-order valence-corrected chi connectivity index (χ1v) is 13.3. The maximum absolute atomic E-state index is 15.5. The molecule has 1 unspecified atom stereocenters. The largest absolute Gasteiger partial charge is 0.463 e. The van der Waals surface area contributed by atoms with Gasteiger partial charge in [-0.2, -0.15) is 4.39 Å². The molecule has 1 aliphatic heterocycles. The number of aromatic amines is 1. The average Bonchev–Trinajstić information content (AvgIpc) is 3.10. The van der Waals surface area contributed by atoms with Gasteiger partial charge in [-0.1, -0.05) is 25.1 Å². The van der Waals surface area contributed by atoms with E-state index >= 15 is 4.39 Å². The molecule has 0 bridgehead atoms. The number of para-hydroxylation sites is 1. The maximum Gasteiger partial charge on any atom is 0.380 e. The Balaban J connectivity index is 1.85. The molecule has 0 aliphatic carbocycles. The molecule has 2 N–H and O–H groups in total. The van der Waals surface area contributed by atoms with Crippen LogP contribution >= 0.6 is 7.60 Å². The van der Waals surface area contributed by atoms with E-state index in [-0.39, 0.29) is 10.3 Å². The molecule has 1 fully saturated rings. The summed E-state index contributed by atoms with van der Waals surface area (Å²) in [7, 11) is -4.22. The molecule has 1 saturated heterocycles. The number of carbonyl (C=O) groups is 1. The summed E-state index contributed by atoms with van der Waals surface area (Å²) in [6, 6.07) is 7.78. The van der Waals surface area contributed by atoms with Crippen molar-refractivity contribution in [2.75, 3.05) is 19.4 Å². The highest BCUT2D eigenvalue weighted by atomic mass is 31.2. The number of benzene rings is 1. The number of halogens is 3. The minimum atomic E-state index is -4.22. The molecule has 2 aromatic rings. The third-order valence-corrected chi connectivity index (χ3v) is 7.64. The summed E-state index contributed by atoms with van der Waals surface area (Å²) in [4.78, 5) is 37.3. The molecule has 15 heteroatoms. The minimum Gasteiger partial charge on any atom is -0.463 e. The smallest absolute Gasteiger partial charge is 0.380 e. The number of aliphatic hydroxyl groups excluding tert-OH is 1. The van der Waals surface area contributed by atoms with Gasteiger partial charge in [0.25, 0.3) is 5.56 Å². The first-order chi connectivity index (χ1) is 17.8. The molecule has 2 heterocycles. The van der Waals surface area contributed by atoms with Crippen molar-refractivity contribution in [1.29, 1.82) is 0 Å². The zero-order valence-electron chi connectivity index (χ0n) is 20.7. The number of aliphatic hydroxyl groups is 1. The number of nitrogens with zero attached hydrogens (tertiary/aromatic N) is 1. The van der Waals surface area contributed by atoms with E-state index in [4.69, 9.17) is 18.5 Å². The van der Waals surface area contributed by atoms with E-state index in [9.17, 15) is 32.8 Å². The summed E-state index contributed by atoms with van der Waals surface area (Å²) in [6.45, 7) is 1.99. The Morgan fingerprint density at radius 2 is 1.92 bits per heavy atom. The first-order valence-electron chi connectivity index (χ1n) is 11.6. The number of ether oxygens (including phenoxy) is 2. The van der Waals surface area contributed by atoms with E-state index in [1.54, 1.807) is 37.0 Å². The lowest BCUT2D eigenvalue weighted by atomic mass is 9.97. The number of hydrogen-bond acceptors (Lipinski definition) is 9. The second-order valence-electron chi connectivity index (χ2n) is 9.06. The van der Waals surface area contributed by atoms with Crippen LogP contribution in [0.5, 0.6) is 5.75 Å². The van der Waals surface area contributed by atoms with Gasteiger partial charge in [-0.15, -0.1) is 0 Å². The summed E-state index contributed by atoms with van der Waals surface area (Å²) in [6.07, 6.45) is -6.80. The number of H-pyrrole nitrogens is 1. The quantitative estimate of drug-likeness (QED) is 0.311. The predicted octanol–water partition coefficient (Wildman–Crippen LogP) is 2.49. The number of hydrogen-bond donors (Lipinski definition) is 2. The molecular formula is C23H28F3N2O9P. The van der Waals surface area contributed by atoms with E-state index in [0.717, 1.165) is 0 Å². The van der Waals surface area contributed by atoms with Crippen LogP contribution in [-0.2, 0) is 23.4 Å². The Bertz CT molecular complexity index is 1290. The molecular weight excluding hydrogens is 536 g/mol. The second-order valence-corrected chi connectivity index (χ2v) is 11.1. The van der Waals surface area contributed by atoms with Crippen LogP contribution in [0.3, 0.4) is 0 Å². The molecule has 0 radical (unpaired) electrons. The van der Waals surface area contributed by atoms with Crippen LogP contribution in [-0.4, -0.2) is 64.1 Å². The fourth-order valence-corrected chi connectivity index (χ4v) is 5.59. The minimum absolute atomic E-state index is 0.116. The van der Waals surface area contributed by atoms with Crippen LogP contribution in [0.4, 0.5) is 13.2 Å². The highest BCUT2D eigenvalue weighted by Crippen LogP contribution is 2.51. The fraction of sp³-hybridized carbons (Fsp3) is 0.522. The number of aromatic nitrogens is 2. The molecule has 1 aromatic heterocycles. The lowest BCUT2D eigenvalue weighted by Gasteiger charge is -2.26. The first kappa shape index (κ1) is 29.6. The summed E-state index contributed by atoms with van der Waals surface area (Å²) < 4.78 is 78.4. The van der Waals surface area contributed by atoms with Crippen LogP contribution in [0.2, 0.25) is 0 Å². The molecule has 0 spiro atoms. The Hall–Kier alpha value is -2.93. The second kappa shape index (κ2) is 11.9. The van der Waals surface area contributed by atoms with E-state index < -0.39 is 86.2 Å². The van der Waals surface area contributed by atoms with Crippen LogP contribution in [0.15, 0.2) is 46.1 Å². The van der Waals surface area contributed by atoms with Crippen molar-refractivity contribution in [1.82, 2.24) is 9.55 Å². The van der Waals surface area contributed by atoms with Crippen molar-refractivity contribution in [3.63, 3.8) is 0 Å². The molecule has 0 amide bonds. The Kier molecular flexibility index (Phi) is 9.24. The third-order valence-electron chi connectivity index (χ3n) is 5.61. The Labute approximate surface area is 215 Å². The SMILES string of the molecule is CC(C)OC(=O)[C@H](C)C[P@](=O)(OC[C@H]1O[C@@H](n2cc(F)c(=O)[nH]c2=O)C(F)(CF)[C@H]1O)Oc1ccccc1. The number of alkyl halides is 2. The van der Waals surface area contributed by atoms with E-state index in [0.29, 0.717) is 6.20 Å². The molecule has 3 rings (SSSR count). The molecule has 1 aromatic carbocycles. The Morgan fingerprint density at radius 3 is 2.53 bits per heavy atom. The van der Waals surface area contributed by atoms with Gasteiger partial charge in [0, 0.05) is 0 Å². The average molecular weight is 564 g/mol. The molecule has 1 aliphatic rings. The van der Waals surface area contributed by atoms with Crippen LogP contribution < -0.4 is 15.8 Å². The third kappa shape index (κ3) is 6.55. The summed E-state index contributed by atoms with van der Waals surface area (Å²) in [5.41, 5.74) is -5.97. The van der Waals surface area contributed by atoms with Gasteiger partial charge in [-0.25, -0.2) is 18.1 Å². The van der Waals surface area contributed by atoms with Gasteiger partial charge in [-0.3, -0.25) is 23.7 Å². The van der Waals surface area contributed by atoms with Crippen LogP contribution in [0.25, 0.3) is 0 Å². The van der Waals surface area contributed by atoms with Crippen molar-refractivity contribution in [2.45, 2.75) is 51.0 Å². The lowest BCUT2D eigenvalue weighted by molar-refractivity contribution is -0.151. The molecule has 6 atom stereocenters. The van der Waals surface area contributed by atoms with Gasteiger partial charge >= 0.3 is 19.3 Å². The number of esters is 1. The number of nitrogens with one attached hydrogen (secondary N) is 1. The maximum atomic E-state index is 15.5. The van der Waals surface area contributed by atoms with Crippen molar-refractivity contribution in [3.05, 3.63) is 63.2 Å². The molecule has 210 valence electrons. The van der Waals surface area contributed by atoms with Gasteiger partial charge in [0.2, 0.25) is 11.5 Å². The van der Waals surface area contributed by atoms with E-state index in [1.807, 2.05) is 0 Å². The zero-order chi connectivity index (χ0) is 28.3.